The second kappa shape index (κ2) is 8.69. The van der Waals surface area contributed by atoms with Crippen molar-refractivity contribution in [2.24, 2.45) is 17.6 Å². The van der Waals surface area contributed by atoms with Gasteiger partial charge >= 0.3 is 0 Å². The largest absolute Gasteiger partial charge is 0.341 e. The van der Waals surface area contributed by atoms with Crippen LogP contribution in [0.2, 0.25) is 0 Å². The Bertz CT molecular complexity index is 723. The van der Waals surface area contributed by atoms with Gasteiger partial charge in [-0.15, -0.1) is 11.8 Å². The van der Waals surface area contributed by atoms with E-state index in [-0.39, 0.29) is 17.6 Å². The average molecular weight is 373 g/mol. The molecule has 5 heteroatoms. The van der Waals surface area contributed by atoms with Gasteiger partial charge in [-0.25, -0.2) is 4.39 Å². The lowest BCUT2D eigenvalue weighted by Crippen LogP contribution is -2.35. The Morgan fingerprint density at radius 2 is 1.88 bits per heavy atom. The van der Waals surface area contributed by atoms with Crippen molar-refractivity contribution in [1.29, 1.82) is 0 Å². The Morgan fingerprint density at radius 3 is 2.54 bits per heavy atom. The maximum Gasteiger partial charge on any atom is 0.226 e. The lowest BCUT2D eigenvalue weighted by Gasteiger charge is -2.21. The molecule has 0 aliphatic carbocycles. The third-order valence-corrected chi connectivity index (χ3v) is 6.29. The number of benzene rings is 2. The Morgan fingerprint density at radius 1 is 1.19 bits per heavy atom. The van der Waals surface area contributed by atoms with Crippen LogP contribution in [0.4, 0.5) is 4.39 Å². The lowest BCUT2D eigenvalue weighted by atomic mass is 9.89. The van der Waals surface area contributed by atoms with Gasteiger partial charge in [0.1, 0.15) is 5.82 Å². The first-order chi connectivity index (χ1) is 12.6. The zero-order chi connectivity index (χ0) is 18.5. The van der Waals surface area contributed by atoms with Crippen molar-refractivity contribution in [1.82, 2.24) is 4.90 Å². The summed E-state index contributed by atoms with van der Waals surface area (Å²) >= 11 is 1.59. The van der Waals surface area contributed by atoms with Gasteiger partial charge in [0.25, 0.3) is 0 Å². The zero-order valence-electron chi connectivity index (χ0n) is 15.0. The minimum atomic E-state index is -0.240. The molecule has 1 aliphatic rings. The van der Waals surface area contributed by atoms with E-state index in [4.69, 9.17) is 5.73 Å². The number of halogens is 1. The highest BCUT2D eigenvalue weighted by Gasteiger charge is 2.36. The molecule has 1 aliphatic heterocycles. The fraction of sp³-hybridized carbons (Fsp3) is 0.381. The van der Waals surface area contributed by atoms with Crippen molar-refractivity contribution < 1.29 is 9.18 Å². The van der Waals surface area contributed by atoms with Crippen LogP contribution in [-0.2, 0) is 4.79 Å². The smallest absolute Gasteiger partial charge is 0.226 e. The van der Waals surface area contributed by atoms with Crippen LogP contribution in [0.3, 0.4) is 0 Å². The number of carbonyl (C=O) groups is 1. The SMILES string of the molecule is CC(CSc1ccc(F)cc1)C(=O)N1C[C@@H](CN)[C@H](c2ccccc2)C1. The monoisotopic (exact) mass is 372 g/mol. The number of hydrogen-bond donors (Lipinski definition) is 1. The molecule has 0 bridgehead atoms. The number of carbonyl (C=O) groups excluding carboxylic acids is 1. The summed E-state index contributed by atoms with van der Waals surface area (Å²) in [5.74, 6) is 1.15. The predicted octanol–water partition coefficient (Wildman–Crippen LogP) is 3.75. The third-order valence-electron chi connectivity index (χ3n) is 5.02. The fourth-order valence-corrected chi connectivity index (χ4v) is 4.42. The van der Waals surface area contributed by atoms with Crippen LogP contribution < -0.4 is 5.73 Å². The molecule has 1 amide bonds. The summed E-state index contributed by atoms with van der Waals surface area (Å²) in [6, 6.07) is 16.7. The molecule has 1 unspecified atom stereocenters. The average Bonchev–Trinajstić information content (AvgIpc) is 3.12. The van der Waals surface area contributed by atoms with Gasteiger partial charge in [0.15, 0.2) is 0 Å². The van der Waals surface area contributed by atoms with Gasteiger partial charge in [-0.3, -0.25) is 4.79 Å². The molecular formula is C21H25FN2OS. The minimum Gasteiger partial charge on any atom is -0.341 e. The molecule has 0 spiro atoms. The molecule has 0 saturated carbocycles. The summed E-state index contributed by atoms with van der Waals surface area (Å²) in [4.78, 5) is 15.8. The van der Waals surface area contributed by atoms with E-state index in [1.54, 1.807) is 23.9 Å². The minimum absolute atomic E-state index is 0.0852. The molecule has 3 atom stereocenters. The Kier molecular flexibility index (Phi) is 6.33. The molecule has 26 heavy (non-hydrogen) atoms. The number of hydrogen-bond acceptors (Lipinski definition) is 3. The Labute approximate surface area is 158 Å². The van der Waals surface area contributed by atoms with Crippen molar-refractivity contribution in [3.8, 4) is 0 Å². The van der Waals surface area contributed by atoms with Crippen molar-refractivity contribution in [3.05, 3.63) is 66.0 Å². The van der Waals surface area contributed by atoms with Crippen LogP contribution in [0.1, 0.15) is 18.4 Å². The summed E-state index contributed by atoms with van der Waals surface area (Å²) in [5, 5.41) is 0. The van der Waals surface area contributed by atoms with Gasteiger partial charge in [0, 0.05) is 35.6 Å². The summed E-state index contributed by atoms with van der Waals surface area (Å²) < 4.78 is 13.0. The highest BCUT2D eigenvalue weighted by atomic mass is 32.2. The van der Waals surface area contributed by atoms with E-state index in [0.29, 0.717) is 24.1 Å². The molecule has 1 saturated heterocycles. The second-order valence-electron chi connectivity index (χ2n) is 6.92. The van der Waals surface area contributed by atoms with Crippen LogP contribution in [-0.4, -0.2) is 36.2 Å². The lowest BCUT2D eigenvalue weighted by molar-refractivity contribution is -0.133. The van der Waals surface area contributed by atoms with Crippen LogP contribution in [0, 0.1) is 17.7 Å². The number of thioether (sulfide) groups is 1. The van der Waals surface area contributed by atoms with Crippen molar-refractivity contribution >= 4 is 17.7 Å². The van der Waals surface area contributed by atoms with E-state index in [1.165, 1.54) is 17.7 Å². The molecule has 3 rings (SSSR count). The fourth-order valence-electron chi connectivity index (χ4n) is 3.50. The zero-order valence-corrected chi connectivity index (χ0v) is 15.8. The maximum atomic E-state index is 13.0. The summed E-state index contributed by atoms with van der Waals surface area (Å²) in [5.41, 5.74) is 7.23. The standard InChI is InChI=1S/C21H25FN2OS/c1-15(14-26-19-9-7-18(22)8-10-19)21(25)24-12-17(11-23)20(13-24)16-5-3-2-4-6-16/h2-10,15,17,20H,11-14,23H2,1H3/t15?,17-,20+/m1/s1. The van der Waals surface area contributed by atoms with E-state index in [2.05, 4.69) is 12.1 Å². The highest BCUT2D eigenvalue weighted by Crippen LogP contribution is 2.33. The van der Waals surface area contributed by atoms with Gasteiger partial charge < -0.3 is 10.6 Å². The van der Waals surface area contributed by atoms with Crippen LogP contribution >= 0.6 is 11.8 Å². The van der Waals surface area contributed by atoms with E-state index in [0.717, 1.165) is 18.0 Å². The predicted molar refractivity (Wildman–Crippen MR) is 105 cm³/mol. The van der Waals surface area contributed by atoms with Gasteiger partial charge in [0.2, 0.25) is 5.91 Å². The quantitative estimate of drug-likeness (QED) is 0.786. The number of amides is 1. The van der Waals surface area contributed by atoms with E-state index in [9.17, 15) is 9.18 Å². The molecule has 138 valence electrons. The normalized spacial score (nSPS) is 21.0. The first-order valence-corrected chi connectivity index (χ1v) is 9.99. The molecule has 1 fully saturated rings. The molecule has 3 nitrogen and oxygen atoms in total. The Balaban J connectivity index is 1.59. The summed E-state index contributed by atoms with van der Waals surface area (Å²) in [7, 11) is 0. The van der Waals surface area contributed by atoms with E-state index in [1.807, 2.05) is 30.0 Å². The number of rotatable bonds is 6. The Hall–Kier alpha value is -1.85. The maximum absolute atomic E-state index is 13.0. The van der Waals surface area contributed by atoms with Crippen LogP contribution in [0.15, 0.2) is 59.5 Å². The van der Waals surface area contributed by atoms with Crippen molar-refractivity contribution in [2.45, 2.75) is 17.7 Å². The number of likely N-dealkylation sites (tertiary alicyclic amines) is 1. The second-order valence-corrected chi connectivity index (χ2v) is 8.02. The van der Waals surface area contributed by atoms with Gasteiger partial charge in [-0.1, -0.05) is 37.3 Å². The molecule has 2 aromatic rings. The molecular weight excluding hydrogens is 347 g/mol. The van der Waals surface area contributed by atoms with Gasteiger partial charge in [0.05, 0.1) is 0 Å². The first-order valence-electron chi connectivity index (χ1n) is 9.00. The topological polar surface area (TPSA) is 46.3 Å². The summed E-state index contributed by atoms with van der Waals surface area (Å²) in [6.07, 6.45) is 0. The summed E-state index contributed by atoms with van der Waals surface area (Å²) in [6.45, 7) is 4.00. The van der Waals surface area contributed by atoms with E-state index >= 15 is 0 Å². The van der Waals surface area contributed by atoms with Gasteiger partial charge in [-0.2, -0.15) is 0 Å². The van der Waals surface area contributed by atoms with Crippen LogP contribution in [0.5, 0.6) is 0 Å². The van der Waals surface area contributed by atoms with Gasteiger partial charge in [-0.05, 0) is 42.3 Å². The molecule has 0 radical (unpaired) electrons. The molecule has 2 aromatic carbocycles. The molecule has 2 N–H and O–H groups in total. The van der Waals surface area contributed by atoms with E-state index < -0.39 is 0 Å². The van der Waals surface area contributed by atoms with Crippen molar-refractivity contribution in [2.75, 3.05) is 25.4 Å². The first kappa shape index (κ1) is 18.9. The van der Waals surface area contributed by atoms with Crippen molar-refractivity contribution in [3.63, 3.8) is 0 Å². The highest BCUT2D eigenvalue weighted by molar-refractivity contribution is 7.99. The van der Waals surface area contributed by atoms with Crippen LogP contribution in [0.25, 0.3) is 0 Å². The molecule has 1 heterocycles. The third kappa shape index (κ3) is 4.46. The molecule has 0 aromatic heterocycles. The number of nitrogens with zero attached hydrogens (tertiary/aromatic N) is 1. The number of nitrogens with two attached hydrogens (primary N) is 1.